The maximum Gasteiger partial charge on any atom is 0.220 e. The largest absolute Gasteiger partial charge is 0.489 e. The molecular formula is C57H86O4PS2+. The highest BCUT2D eigenvalue weighted by atomic mass is 32.1. The molecule has 0 atom stereocenters. The molecule has 0 radical (unpaired) electrons. The third-order valence-electron chi connectivity index (χ3n) is 13.2. The Hall–Kier alpha value is -2.66. The predicted molar refractivity (Wildman–Crippen MR) is 282 cm³/mol. The molecule has 0 fully saturated rings. The van der Waals surface area contributed by atoms with E-state index in [-0.39, 0.29) is 5.78 Å². The molecule has 0 N–H and O–H groups in total. The zero-order valence-corrected chi connectivity index (χ0v) is 43.1. The summed E-state index contributed by atoms with van der Waals surface area (Å²) in [6.45, 7) is 8.82. The summed E-state index contributed by atoms with van der Waals surface area (Å²) in [6, 6.07) is 20.0. The average Bonchev–Trinajstić information content (AvgIpc) is 4.03. The fourth-order valence-electron chi connectivity index (χ4n) is 9.48. The van der Waals surface area contributed by atoms with Gasteiger partial charge in [-0.15, -0.1) is 22.7 Å². The molecule has 2 aromatic heterocycles. The van der Waals surface area contributed by atoms with Crippen molar-refractivity contribution in [3.63, 3.8) is 0 Å². The van der Waals surface area contributed by atoms with E-state index in [1.807, 2.05) is 0 Å². The normalized spacial score (nSPS) is 13.0. The van der Waals surface area contributed by atoms with Gasteiger partial charge in [0.1, 0.15) is 38.2 Å². The lowest BCUT2D eigenvalue weighted by atomic mass is 10.1. The molecule has 0 bridgehead atoms. The van der Waals surface area contributed by atoms with Crippen LogP contribution in [0.5, 0.6) is 17.2 Å². The Kier molecular flexibility index (Phi) is 25.6. The highest BCUT2D eigenvalue weighted by Crippen LogP contribution is 2.60. The molecule has 3 heterocycles. The summed E-state index contributed by atoms with van der Waals surface area (Å²) in [5.74, 6) is 2.50. The van der Waals surface area contributed by atoms with Gasteiger partial charge in [-0.3, -0.25) is 4.79 Å². The van der Waals surface area contributed by atoms with Crippen LogP contribution in [-0.2, 0) is 0 Å². The van der Waals surface area contributed by atoms with Crippen LogP contribution < -0.4 is 35.4 Å². The second-order valence-electron chi connectivity index (χ2n) is 18.5. The molecule has 0 aliphatic carbocycles. The predicted octanol–water partition coefficient (Wildman–Crippen LogP) is 16.9. The topological polar surface area (TPSA) is 44.8 Å². The van der Waals surface area contributed by atoms with E-state index in [1.54, 1.807) is 22.7 Å². The van der Waals surface area contributed by atoms with E-state index in [9.17, 15) is 4.79 Å². The van der Waals surface area contributed by atoms with Gasteiger partial charge in [-0.1, -0.05) is 212 Å². The molecule has 1 aliphatic rings. The van der Waals surface area contributed by atoms with Gasteiger partial charge in [-0.25, -0.2) is 0 Å². The number of carbonyl (C=O) groups excluding carboxylic acids is 1. The second kappa shape index (κ2) is 31.3. The van der Waals surface area contributed by atoms with Crippen LogP contribution in [0.15, 0.2) is 65.4 Å². The van der Waals surface area contributed by atoms with Crippen LogP contribution in [0.1, 0.15) is 228 Å². The van der Waals surface area contributed by atoms with Crippen molar-refractivity contribution in [3.05, 3.63) is 75.1 Å². The molecule has 7 heteroatoms. The molecule has 0 saturated carbocycles. The fraction of sp³-hybridized carbons (Fsp3) is 0.632. The Morgan fingerprint density at radius 2 is 0.750 bits per heavy atom. The van der Waals surface area contributed by atoms with Crippen LogP contribution in [0.25, 0.3) is 0 Å². The summed E-state index contributed by atoms with van der Waals surface area (Å²) in [4.78, 5) is 15.8. The summed E-state index contributed by atoms with van der Waals surface area (Å²) >= 11 is 3.17. The van der Waals surface area contributed by atoms with E-state index in [2.05, 4.69) is 86.1 Å². The Labute approximate surface area is 399 Å². The van der Waals surface area contributed by atoms with E-state index in [0.717, 1.165) is 56.9 Å². The number of rotatable bonds is 38. The number of fused-ring (bicyclic) bond motifs is 2. The van der Waals surface area contributed by atoms with Crippen molar-refractivity contribution < 1.29 is 19.0 Å². The minimum Gasteiger partial charge on any atom is -0.489 e. The third kappa shape index (κ3) is 16.0. The molecular weight excluding hydrogens is 844 g/mol. The van der Waals surface area contributed by atoms with Gasteiger partial charge in [-0.05, 0) is 54.3 Å². The summed E-state index contributed by atoms with van der Waals surface area (Å²) in [5, 5.41) is 8.97. The summed E-state index contributed by atoms with van der Waals surface area (Å²) < 4.78 is 20.7. The molecule has 1 aliphatic heterocycles. The smallest absolute Gasteiger partial charge is 0.220 e. The Bertz CT molecular complexity index is 1740. The monoisotopic (exact) mass is 930 g/mol. The van der Waals surface area contributed by atoms with E-state index in [0.29, 0.717) is 19.8 Å². The first-order valence-corrected chi connectivity index (χ1v) is 29.9. The molecule has 354 valence electrons. The van der Waals surface area contributed by atoms with Gasteiger partial charge < -0.3 is 14.2 Å². The molecule has 0 saturated heterocycles. The Balaban J connectivity index is 1.39. The Morgan fingerprint density at radius 3 is 1.12 bits per heavy atom. The van der Waals surface area contributed by atoms with Crippen LogP contribution in [-0.4, -0.2) is 25.6 Å². The summed E-state index contributed by atoms with van der Waals surface area (Å²) in [5.41, 5.74) is 0. The van der Waals surface area contributed by atoms with Crippen molar-refractivity contribution in [1.29, 1.82) is 0 Å². The Morgan fingerprint density at radius 1 is 0.406 bits per heavy atom. The van der Waals surface area contributed by atoms with Crippen molar-refractivity contribution in [2.75, 3.05) is 19.8 Å². The highest BCUT2D eigenvalue weighted by Gasteiger charge is 2.57. The standard InChI is InChI=1S/C57H86O4PS2/c1-4-7-10-13-16-19-22-25-28-34-41-59-50-46-49(62(48-37-32-31-33-38-48)52-39-44-63-56(52)54(58)57-53(62)40-45-64-57)47-51(60-42-35-29-26-23-20-17-14-11-8-5-2)55(50)61-43-36-30-27-24-21-18-15-12-9-6-3/h31-33,37-40,44-47H,4-30,34-36,41-43H2,1-3H3/q+1. The zero-order chi connectivity index (χ0) is 44.9. The number of thiophene rings is 2. The molecule has 64 heavy (non-hydrogen) atoms. The lowest BCUT2D eigenvalue weighted by Crippen LogP contribution is -2.44. The van der Waals surface area contributed by atoms with Crippen molar-refractivity contribution in [3.8, 4) is 17.2 Å². The summed E-state index contributed by atoms with van der Waals surface area (Å²) in [7, 11) is -2.50. The minimum atomic E-state index is -2.50. The maximum atomic E-state index is 14.1. The van der Waals surface area contributed by atoms with E-state index in [4.69, 9.17) is 14.2 Å². The van der Waals surface area contributed by atoms with Crippen LogP contribution in [0.4, 0.5) is 0 Å². The molecule has 4 aromatic rings. The van der Waals surface area contributed by atoms with Gasteiger partial charge in [0, 0.05) is 12.1 Å². The molecule has 2 aromatic carbocycles. The third-order valence-corrected chi connectivity index (χ3v) is 19.6. The van der Waals surface area contributed by atoms with Gasteiger partial charge in [0.2, 0.25) is 11.5 Å². The van der Waals surface area contributed by atoms with Gasteiger partial charge in [-0.2, -0.15) is 0 Å². The number of ketones is 1. The van der Waals surface area contributed by atoms with Crippen molar-refractivity contribution in [2.45, 2.75) is 213 Å². The summed E-state index contributed by atoms with van der Waals surface area (Å²) in [6.07, 6.45) is 38.7. The van der Waals surface area contributed by atoms with Gasteiger partial charge in [0.05, 0.1) is 19.8 Å². The lowest BCUT2D eigenvalue weighted by Gasteiger charge is -2.31. The molecule has 0 spiro atoms. The molecule has 5 rings (SSSR count). The first-order valence-electron chi connectivity index (χ1n) is 26.4. The second-order valence-corrected chi connectivity index (χ2v) is 23.6. The number of benzene rings is 2. The molecule has 4 nitrogen and oxygen atoms in total. The SMILES string of the molecule is CCCCCCCCCCCCOc1cc([P+]2(c3ccccc3)c3ccsc3C(=O)c3sccc32)cc(OCCCCCCCCCCCC)c1OCCCCCCCCCCCC. The van der Waals surface area contributed by atoms with E-state index in [1.165, 1.54) is 184 Å². The van der Waals surface area contributed by atoms with Crippen LogP contribution in [0, 0.1) is 0 Å². The van der Waals surface area contributed by atoms with Crippen LogP contribution in [0.3, 0.4) is 0 Å². The van der Waals surface area contributed by atoms with Gasteiger partial charge in [0.25, 0.3) is 0 Å². The number of ether oxygens (including phenoxy) is 3. The molecule has 0 amide bonds. The minimum absolute atomic E-state index is 0.160. The van der Waals surface area contributed by atoms with E-state index < -0.39 is 7.26 Å². The first-order chi connectivity index (χ1) is 31.7. The zero-order valence-electron chi connectivity index (χ0n) is 40.6. The van der Waals surface area contributed by atoms with Crippen LogP contribution >= 0.6 is 29.9 Å². The number of hydrogen-bond acceptors (Lipinski definition) is 6. The maximum absolute atomic E-state index is 14.1. The first kappa shape index (κ1) is 52.3. The van der Waals surface area contributed by atoms with Crippen molar-refractivity contribution in [1.82, 2.24) is 0 Å². The van der Waals surface area contributed by atoms with Gasteiger partial charge >= 0.3 is 0 Å². The van der Waals surface area contributed by atoms with Crippen molar-refractivity contribution >= 4 is 56.9 Å². The van der Waals surface area contributed by atoms with Gasteiger partial charge in [0.15, 0.2) is 11.5 Å². The average molecular weight is 930 g/mol. The van der Waals surface area contributed by atoms with E-state index >= 15 is 0 Å². The number of carbonyl (C=O) groups is 1. The number of hydrogen-bond donors (Lipinski definition) is 0. The fourth-order valence-corrected chi connectivity index (χ4v) is 16.7. The number of unbranched alkanes of at least 4 members (excludes halogenated alkanes) is 27. The lowest BCUT2D eigenvalue weighted by molar-refractivity contribution is 0.104. The van der Waals surface area contributed by atoms with Crippen LogP contribution in [0.2, 0.25) is 0 Å². The quantitative estimate of drug-likeness (QED) is 0.0292. The molecule has 0 unspecified atom stereocenters. The highest BCUT2D eigenvalue weighted by molar-refractivity contribution is 8.02. The van der Waals surface area contributed by atoms with Crippen molar-refractivity contribution in [2.24, 2.45) is 0 Å².